The lowest BCUT2D eigenvalue weighted by molar-refractivity contribution is 0.0147. The van der Waals surface area contributed by atoms with Crippen molar-refractivity contribution >= 4 is 6.09 Å². The Balaban J connectivity index is 2.58. The van der Waals surface area contributed by atoms with Crippen molar-refractivity contribution in [1.29, 1.82) is 0 Å². The monoisotopic (exact) mass is 326 g/mol. The Morgan fingerprint density at radius 2 is 1.83 bits per heavy atom. The molecule has 0 radical (unpaired) electrons. The van der Waals surface area contributed by atoms with E-state index < -0.39 is 5.60 Å². The molecule has 4 heteroatoms. The van der Waals surface area contributed by atoms with E-state index in [0.717, 1.165) is 32.5 Å². The fourth-order valence-corrected chi connectivity index (χ4v) is 3.01. The molecular weight excluding hydrogens is 288 g/mol. The molecule has 4 nitrogen and oxygen atoms in total. The second kappa shape index (κ2) is 10.2. The van der Waals surface area contributed by atoms with Gasteiger partial charge >= 0.3 is 6.09 Å². The summed E-state index contributed by atoms with van der Waals surface area (Å²) in [5.74, 6) is 0.683. The zero-order valence-electron chi connectivity index (χ0n) is 16.0. The summed E-state index contributed by atoms with van der Waals surface area (Å²) in [6, 6.07) is 0.345. The van der Waals surface area contributed by atoms with Gasteiger partial charge in [-0.15, -0.1) is 0 Å². The summed E-state index contributed by atoms with van der Waals surface area (Å²) in [7, 11) is 0. The van der Waals surface area contributed by atoms with Gasteiger partial charge in [0.15, 0.2) is 0 Å². The molecule has 1 fully saturated rings. The quantitative estimate of drug-likeness (QED) is 0.550. The van der Waals surface area contributed by atoms with Gasteiger partial charge in [0.05, 0.1) is 0 Å². The zero-order valence-corrected chi connectivity index (χ0v) is 16.0. The van der Waals surface area contributed by atoms with Gasteiger partial charge in [-0.1, -0.05) is 46.0 Å². The van der Waals surface area contributed by atoms with Crippen molar-refractivity contribution in [2.45, 2.75) is 91.2 Å². The normalized spacial score (nSPS) is 18.3. The average molecular weight is 327 g/mol. The van der Waals surface area contributed by atoms with E-state index in [4.69, 9.17) is 4.74 Å². The van der Waals surface area contributed by atoms with Crippen molar-refractivity contribution in [3.63, 3.8) is 0 Å². The molecule has 0 heterocycles. The third-order valence-electron chi connectivity index (χ3n) is 4.61. The summed E-state index contributed by atoms with van der Waals surface area (Å²) in [4.78, 5) is 14.6. The van der Waals surface area contributed by atoms with E-state index >= 15 is 0 Å². The molecule has 1 aliphatic carbocycles. The molecule has 0 aliphatic heterocycles. The molecule has 0 aromatic carbocycles. The first-order chi connectivity index (χ1) is 10.8. The van der Waals surface area contributed by atoms with Crippen LogP contribution in [0.1, 0.15) is 79.6 Å². The summed E-state index contributed by atoms with van der Waals surface area (Å²) < 4.78 is 5.65. The Labute approximate surface area is 143 Å². The van der Waals surface area contributed by atoms with Gasteiger partial charge in [-0.25, -0.2) is 4.79 Å². The standard InChI is InChI=1S/C19H38N2O2/c1-6-16(2)15-20-13-14-21(18(22)23-19(3,4)5)17-11-9-7-8-10-12-17/h16-17,20H,6-15H2,1-5H3. The number of nitrogens with one attached hydrogen (secondary N) is 1. The second-order valence-corrected chi connectivity index (χ2v) is 8.04. The Bertz CT molecular complexity index is 331. The van der Waals surface area contributed by atoms with Crippen molar-refractivity contribution in [3.05, 3.63) is 0 Å². The first-order valence-corrected chi connectivity index (χ1v) is 9.53. The molecule has 23 heavy (non-hydrogen) atoms. The fraction of sp³-hybridized carbons (Fsp3) is 0.947. The van der Waals surface area contributed by atoms with Crippen LogP contribution in [0.15, 0.2) is 0 Å². The average Bonchev–Trinajstić information content (AvgIpc) is 2.73. The lowest BCUT2D eigenvalue weighted by atomic mass is 10.1. The third kappa shape index (κ3) is 8.59. The first-order valence-electron chi connectivity index (χ1n) is 9.53. The van der Waals surface area contributed by atoms with Crippen molar-refractivity contribution in [2.24, 2.45) is 5.92 Å². The van der Waals surface area contributed by atoms with Gasteiger partial charge in [0.2, 0.25) is 0 Å². The molecule has 1 saturated carbocycles. The lowest BCUT2D eigenvalue weighted by Gasteiger charge is -2.33. The highest BCUT2D eigenvalue weighted by Gasteiger charge is 2.28. The highest BCUT2D eigenvalue weighted by Crippen LogP contribution is 2.23. The third-order valence-corrected chi connectivity index (χ3v) is 4.61. The van der Waals surface area contributed by atoms with Crippen LogP contribution in [0.3, 0.4) is 0 Å². The molecule has 0 aromatic heterocycles. The number of carbonyl (C=O) groups excluding carboxylic acids is 1. The second-order valence-electron chi connectivity index (χ2n) is 8.04. The Kier molecular flexibility index (Phi) is 8.96. The molecular formula is C19H38N2O2. The summed E-state index contributed by atoms with van der Waals surface area (Å²) in [5, 5.41) is 3.49. The smallest absolute Gasteiger partial charge is 0.410 e. The van der Waals surface area contributed by atoms with Crippen molar-refractivity contribution in [2.75, 3.05) is 19.6 Å². The molecule has 1 atom stereocenters. The fourth-order valence-electron chi connectivity index (χ4n) is 3.01. The molecule has 1 unspecified atom stereocenters. The molecule has 1 rings (SSSR count). The number of rotatable bonds is 7. The van der Waals surface area contributed by atoms with Gasteiger partial charge < -0.3 is 15.0 Å². The number of ether oxygens (including phenoxy) is 1. The molecule has 1 aliphatic rings. The maximum absolute atomic E-state index is 12.6. The van der Waals surface area contributed by atoms with Gasteiger partial charge in [-0.3, -0.25) is 0 Å². The number of carbonyl (C=O) groups is 1. The van der Waals surface area contributed by atoms with Crippen molar-refractivity contribution in [3.8, 4) is 0 Å². The van der Waals surface area contributed by atoms with E-state index in [9.17, 15) is 4.79 Å². The van der Waals surface area contributed by atoms with Crippen LogP contribution in [0, 0.1) is 5.92 Å². The van der Waals surface area contributed by atoms with Crippen LogP contribution in [-0.2, 0) is 4.74 Å². The van der Waals surface area contributed by atoms with Crippen LogP contribution in [0.5, 0.6) is 0 Å². The van der Waals surface area contributed by atoms with Crippen LogP contribution in [-0.4, -0.2) is 42.3 Å². The maximum atomic E-state index is 12.6. The zero-order chi connectivity index (χ0) is 17.3. The lowest BCUT2D eigenvalue weighted by Crippen LogP contribution is -2.46. The number of nitrogens with zero attached hydrogens (tertiary/aromatic N) is 1. The van der Waals surface area contributed by atoms with Gasteiger partial charge in [0.1, 0.15) is 5.60 Å². The Hall–Kier alpha value is -0.770. The Morgan fingerprint density at radius 1 is 1.22 bits per heavy atom. The number of hydrogen-bond donors (Lipinski definition) is 1. The summed E-state index contributed by atoms with van der Waals surface area (Å²) in [6.07, 6.45) is 8.32. The predicted molar refractivity (Wildman–Crippen MR) is 96.8 cm³/mol. The molecule has 136 valence electrons. The topological polar surface area (TPSA) is 41.6 Å². The summed E-state index contributed by atoms with van der Waals surface area (Å²) in [5.41, 5.74) is -0.426. The van der Waals surface area contributed by atoms with Gasteiger partial charge in [0.25, 0.3) is 0 Å². The van der Waals surface area contributed by atoms with Crippen LogP contribution in [0.4, 0.5) is 4.79 Å². The van der Waals surface area contributed by atoms with Gasteiger partial charge in [-0.2, -0.15) is 0 Å². The molecule has 1 amide bonds. The molecule has 0 saturated heterocycles. The minimum Gasteiger partial charge on any atom is -0.444 e. The molecule has 0 spiro atoms. The van der Waals surface area contributed by atoms with E-state index in [1.165, 1.54) is 32.1 Å². The highest BCUT2D eigenvalue weighted by molar-refractivity contribution is 5.68. The highest BCUT2D eigenvalue weighted by atomic mass is 16.6. The maximum Gasteiger partial charge on any atom is 0.410 e. The van der Waals surface area contributed by atoms with Crippen LogP contribution in [0.2, 0.25) is 0 Å². The molecule has 1 N–H and O–H groups in total. The number of amides is 1. The largest absolute Gasteiger partial charge is 0.444 e. The first kappa shape index (κ1) is 20.3. The van der Waals surface area contributed by atoms with E-state index in [1.807, 2.05) is 25.7 Å². The minimum absolute atomic E-state index is 0.144. The molecule has 0 bridgehead atoms. The Morgan fingerprint density at radius 3 is 2.35 bits per heavy atom. The van der Waals surface area contributed by atoms with Crippen molar-refractivity contribution in [1.82, 2.24) is 10.2 Å². The summed E-state index contributed by atoms with van der Waals surface area (Å²) >= 11 is 0. The van der Waals surface area contributed by atoms with Crippen LogP contribution in [0.25, 0.3) is 0 Å². The van der Waals surface area contributed by atoms with E-state index in [-0.39, 0.29) is 6.09 Å². The van der Waals surface area contributed by atoms with Crippen LogP contribution >= 0.6 is 0 Å². The van der Waals surface area contributed by atoms with E-state index in [0.29, 0.717) is 12.0 Å². The SMILES string of the molecule is CCC(C)CNCCN(C(=O)OC(C)(C)C)C1CCCCCC1. The summed E-state index contributed by atoms with van der Waals surface area (Å²) in [6.45, 7) is 12.9. The van der Waals surface area contributed by atoms with E-state index in [2.05, 4.69) is 19.2 Å². The van der Waals surface area contributed by atoms with Gasteiger partial charge in [0, 0.05) is 19.1 Å². The molecule has 0 aromatic rings. The van der Waals surface area contributed by atoms with Crippen LogP contribution < -0.4 is 5.32 Å². The van der Waals surface area contributed by atoms with Gasteiger partial charge in [-0.05, 0) is 46.1 Å². The number of hydrogen-bond acceptors (Lipinski definition) is 3. The van der Waals surface area contributed by atoms with E-state index in [1.54, 1.807) is 0 Å². The van der Waals surface area contributed by atoms with Crippen molar-refractivity contribution < 1.29 is 9.53 Å². The predicted octanol–water partition coefficient (Wildman–Crippen LogP) is 4.58. The minimum atomic E-state index is -0.426.